The summed E-state index contributed by atoms with van der Waals surface area (Å²) >= 11 is 0. The zero-order chi connectivity index (χ0) is 24.9. The number of aliphatic carboxylic acids is 1. The SMILES string of the molecule is CC(C)CN(CC(=O)O)C(=O)c1ncoc1CNC(=O)OCC1c2ccccc2-c2ccccc21. The topological polar surface area (TPSA) is 122 Å². The van der Waals surface area contributed by atoms with Crippen LogP contribution in [0.1, 0.15) is 47.1 Å². The van der Waals surface area contributed by atoms with Crippen molar-refractivity contribution in [3.8, 4) is 11.1 Å². The predicted octanol–water partition coefficient (Wildman–Crippen LogP) is 3.90. The number of rotatable bonds is 9. The van der Waals surface area contributed by atoms with Crippen molar-refractivity contribution in [2.45, 2.75) is 26.3 Å². The monoisotopic (exact) mass is 477 g/mol. The van der Waals surface area contributed by atoms with E-state index in [0.717, 1.165) is 28.6 Å². The minimum atomic E-state index is -1.12. The number of oxazole rings is 1. The van der Waals surface area contributed by atoms with E-state index >= 15 is 0 Å². The molecule has 0 unspecified atom stereocenters. The van der Waals surface area contributed by atoms with E-state index in [1.54, 1.807) is 0 Å². The molecule has 0 saturated heterocycles. The second-order valence-electron chi connectivity index (χ2n) is 8.78. The van der Waals surface area contributed by atoms with Crippen LogP contribution in [0.2, 0.25) is 0 Å². The van der Waals surface area contributed by atoms with Gasteiger partial charge in [0, 0.05) is 12.5 Å². The lowest BCUT2D eigenvalue weighted by atomic mass is 9.98. The van der Waals surface area contributed by atoms with Crippen LogP contribution in [-0.2, 0) is 16.1 Å². The number of nitrogens with zero attached hydrogens (tertiary/aromatic N) is 2. The average Bonchev–Trinajstić information content (AvgIpc) is 3.42. The van der Waals surface area contributed by atoms with Crippen LogP contribution in [0.4, 0.5) is 4.79 Å². The standard InChI is InChI=1S/C26H27N3O6/c1-16(2)12-29(13-23(30)31)25(32)24-22(35-15-28-24)11-27-26(33)34-14-21-19-9-5-3-7-17(19)18-8-4-6-10-20(18)21/h3-10,15-16,21H,11-14H2,1-2H3,(H,27,33)(H,30,31). The maximum absolute atomic E-state index is 12.9. The third kappa shape index (κ3) is 5.34. The fourth-order valence-corrected chi connectivity index (χ4v) is 4.35. The molecule has 1 aliphatic rings. The highest BCUT2D eigenvalue weighted by molar-refractivity contribution is 5.95. The number of ether oxygens (including phenoxy) is 1. The number of carbonyl (C=O) groups excluding carboxylic acids is 2. The van der Waals surface area contributed by atoms with Gasteiger partial charge in [0.15, 0.2) is 17.8 Å². The molecule has 0 bridgehead atoms. The fraction of sp³-hybridized carbons (Fsp3) is 0.308. The van der Waals surface area contributed by atoms with Gasteiger partial charge in [-0.1, -0.05) is 62.4 Å². The third-order valence-electron chi connectivity index (χ3n) is 5.78. The Kier molecular flexibility index (Phi) is 7.14. The first kappa shape index (κ1) is 24.0. The number of carbonyl (C=O) groups is 3. The molecule has 9 heteroatoms. The number of nitrogens with one attached hydrogen (secondary N) is 1. The molecule has 0 fully saturated rings. The van der Waals surface area contributed by atoms with Crippen LogP contribution in [0.15, 0.2) is 59.3 Å². The first-order valence-corrected chi connectivity index (χ1v) is 11.4. The number of benzene rings is 2. The second-order valence-corrected chi connectivity index (χ2v) is 8.78. The lowest BCUT2D eigenvalue weighted by Crippen LogP contribution is -2.39. The molecule has 0 saturated carbocycles. The highest BCUT2D eigenvalue weighted by atomic mass is 16.5. The summed E-state index contributed by atoms with van der Waals surface area (Å²) in [6.45, 7) is 3.58. The van der Waals surface area contributed by atoms with Gasteiger partial charge in [-0.3, -0.25) is 9.59 Å². The molecule has 2 aromatic carbocycles. The first-order chi connectivity index (χ1) is 16.8. The van der Waals surface area contributed by atoms with Gasteiger partial charge in [-0.2, -0.15) is 0 Å². The molecular formula is C26H27N3O6. The minimum Gasteiger partial charge on any atom is -0.480 e. The summed E-state index contributed by atoms with van der Waals surface area (Å²) in [7, 11) is 0. The summed E-state index contributed by atoms with van der Waals surface area (Å²) in [5.41, 5.74) is 4.44. The van der Waals surface area contributed by atoms with Crippen molar-refractivity contribution in [3.63, 3.8) is 0 Å². The van der Waals surface area contributed by atoms with Crippen molar-refractivity contribution in [1.29, 1.82) is 0 Å². The van der Waals surface area contributed by atoms with E-state index in [-0.39, 0.29) is 43.0 Å². The van der Waals surface area contributed by atoms with Crippen LogP contribution >= 0.6 is 0 Å². The van der Waals surface area contributed by atoms with Gasteiger partial charge < -0.3 is 24.5 Å². The van der Waals surface area contributed by atoms with Crippen LogP contribution < -0.4 is 5.32 Å². The van der Waals surface area contributed by atoms with E-state index in [4.69, 9.17) is 14.3 Å². The smallest absolute Gasteiger partial charge is 0.407 e. The van der Waals surface area contributed by atoms with E-state index in [9.17, 15) is 14.4 Å². The molecule has 0 aliphatic heterocycles. The normalized spacial score (nSPS) is 12.2. The number of amides is 2. The Morgan fingerprint density at radius 3 is 2.31 bits per heavy atom. The average molecular weight is 478 g/mol. The van der Waals surface area contributed by atoms with Crippen LogP contribution in [-0.4, -0.2) is 52.7 Å². The molecule has 0 radical (unpaired) electrons. The number of carboxylic acids is 1. The molecule has 0 atom stereocenters. The van der Waals surface area contributed by atoms with Gasteiger partial charge in [-0.25, -0.2) is 9.78 Å². The highest BCUT2D eigenvalue weighted by Crippen LogP contribution is 2.44. The largest absolute Gasteiger partial charge is 0.480 e. The maximum Gasteiger partial charge on any atom is 0.407 e. The lowest BCUT2D eigenvalue weighted by molar-refractivity contribution is -0.137. The van der Waals surface area contributed by atoms with Crippen molar-refractivity contribution in [2.24, 2.45) is 5.92 Å². The van der Waals surface area contributed by atoms with Gasteiger partial charge in [0.25, 0.3) is 5.91 Å². The van der Waals surface area contributed by atoms with Crippen LogP contribution in [0.5, 0.6) is 0 Å². The van der Waals surface area contributed by atoms with Crippen LogP contribution in [0, 0.1) is 5.92 Å². The summed E-state index contributed by atoms with van der Waals surface area (Å²) in [4.78, 5) is 41.7. The summed E-state index contributed by atoms with van der Waals surface area (Å²) in [6.07, 6.45) is 0.433. The van der Waals surface area contributed by atoms with Gasteiger partial charge in [0.05, 0.1) is 6.54 Å². The van der Waals surface area contributed by atoms with Crippen LogP contribution in [0.25, 0.3) is 11.1 Å². The maximum atomic E-state index is 12.9. The second kappa shape index (κ2) is 10.4. The van der Waals surface area contributed by atoms with Crippen molar-refractivity contribution >= 4 is 18.0 Å². The van der Waals surface area contributed by atoms with E-state index in [1.807, 2.05) is 50.2 Å². The quantitative estimate of drug-likeness (QED) is 0.479. The molecule has 3 aromatic rings. The predicted molar refractivity (Wildman–Crippen MR) is 127 cm³/mol. The molecule has 9 nitrogen and oxygen atoms in total. The summed E-state index contributed by atoms with van der Waals surface area (Å²) < 4.78 is 10.8. The molecule has 35 heavy (non-hydrogen) atoms. The van der Waals surface area contributed by atoms with Gasteiger partial charge in [-0.05, 0) is 28.2 Å². The summed E-state index contributed by atoms with van der Waals surface area (Å²) in [5.74, 6) is -1.58. The molecule has 1 aromatic heterocycles. The number of carboxylic acid groups (broad SMARTS) is 1. The van der Waals surface area contributed by atoms with Gasteiger partial charge >= 0.3 is 12.1 Å². The lowest BCUT2D eigenvalue weighted by Gasteiger charge is -2.22. The van der Waals surface area contributed by atoms with Crippen molar-refractivity contribution < 1.29 is 28.6 Å². The van der Waals surface area contributed by atoms with Gasteiger partial charge in [-0.15, -0.1) is 0 Å². The molecule has 1 aliphatic carbocycles. The number of hydrogen-bond acceptors (Lipinski definition) is 6. The number of alkyl carbamates (subject to hydrolysis) is 1. The Bertz CT molecular complexity index is 1190. The molecule has 2 N–H and O–H groups in total. The molecule has 182 valence electrons. The van der Waals surface area contributed by atoms with E-state index < -0.39 is 24.5 Å². The number of aromatic nitrogens is 1. The Morgan fingerprint density at radius 2 is 1.71 bits per heavy atom. The zero-order valence-electron chi connectivity index (χ0n) is 19.6. The minimum absolute atomic E-state index is 0.0363. The van der Waals surface area contributed by atoms with E-state index in [1.165, 1.54) is 4.90 Å². The Balaban J connectivity index is 1.38. The molecule has 1 heterocycles. The molecule has 4 rings (SSSR count). The zero-order valence-corrected chi connectivity index (χ0v) is 19.6. The first-order valence-electron chi connectivity index (χ1n) is 11.4. The van der Waals surface area contributed by atoms with Crippen molar-refractivity contribution in [3.05, 3.63) is 77.5 Å². The van der Waals surface area contributed by atoms with Gasteiger partial charge in [0.2, 0.25) is 0 Å². The molecule has 2 amide bonds. The highest BCUT2D eigenvalue weighted by Gasteiger charge is 2.29. The number of fused-ring (bicyclic) bond motifs is 3. The Labute approximate surface area is 202 Å². The Morgan fingerprint density at radius 1 is 1.09 bits per heavy atom. The number of hydrogen-bond donors (Lipinski definition) is 2. The molecular weight excluding hydrogens is 450 g/mol. The third-order valence-corrected chi connectivity index (χ3v) is 5.78. The van der Waals surface area contributed by atoms with Crippen LogP contribution in [0.3, 0.4) is 0 Å². The van der Waals surface area contributed by atoms with E-state index in [0.29, 0.717) is 0 Å². The van der Waals surface area contributed by atoms with Crippen molar-refractivity contribution in [2.75, 3.05) is 19.7 Å². The Hall–Kier alpha value is -4.14. The van der Waals surface area contributed by atoms with E-state index in [2.05, 4.69) is 22.4 Å². The van der Waals surface area contributed by atoms with Crippen molar-refractivity contribution in [1.82, 2.24) is 15.2 Å². The summed E-state index contributed by atoms with van der Waals surface area (Å²) in [6, 6.07) is 16.1. The van der Waals surface area contributed by atoms with Gasteiger partial charge in [0.1, 0.15) is 13.2 Å². The fourth-order valence-electron chi connectivity index (χ4n) is 4.35. The molecule has 0 spiro atoms. The summed E-state index contributed by atoms with van der Waals surface area (Å²) in [5, 5.41) is 11.7.